The van der Waals surface area contributed by atoms with E-state index in [2.05, 4.69) is 146 Å². The van der Waals surface area contributed by atoms with Gasteiger partial charge in [-0.2, -0.15) is 0 Å². The predicted molar refractivity (Wildman–Crippen MR) is 209 cm³/mol. The molecular formula is C49H41NO. The fourth-order valence-corrected chi connectivity index (χ4v) is 12.7. The van der Waals surface area contributed by atoms with Gasteiger partial charge in [-0.15, -0.1) is 0 Å². The summed E-state index contributed by atoms with van der Waals surface area (Å²) >= 11 is 0. The smallest absolute Gasteiger partial charge is 0.159 e. The first kappa shape index (κ1) is 28.6. The summed E-state index contributed by atoms with van der Waals surface area (Å²) in [5.41, 5.74) is 17.0. The molecule has 0 radical (unpaired) electrons. The van der Waals surface area contributed by atoms with E-state index in [1.54, 1.807) is 11.1 Å². The summed E-state index contributed by atoms with van der Waals surface area (Å²) in [7, 11) is 0. The van der Waals surface area contributed by atoms with Gasteiger partial charge in [0.1, 0.15) is 5.58 Å². The Kier molecular flexibility index (Phi) is 5.51. The molecule has 6 aliphatic rings. The monoisotopic (exact) mass is 659 g/mol. The number of fused-ring (bicyclic) bond motifs is 9. The van der Waals surface area contributed by atoms with Crippen molar-refractivity contribution >= 4 is 39.0 Å². The van der Waals surface area contributed by atoms with E-state index in [1.165, 1.54) is 87.6 Å². The van der Waals surface area contributed by atoms with E-state index in [-0.39, 0.29) is 10.8 Å². The van der Waals surface area contributed by atoms with Crippen molar-refractivity contribution < 1.29 is 4.42 Å². The second kappa shape index (κ2) is 9.82. The fraction of sp³-hybridized carbons (Fsp3) is 0.265. The van der Waals surface area contributed by atoms with Crippen LogP contribution in [0.4, 0.5) is 17.1 Å². The number of benzene rings is 6. The molecule has 6 aliphatic carbocycles. The first-order valence-electron chi connectivity index (χ1n) is 19.2. The van der Waals surface area contributed by atoms with Gasteiger partial charge in [0, 0.05) is 21.6 Å². The molecule has 7 aromatic rings. The highest BCUT2D eigenvalue weighted by Gasteiger charge is 2.62. The van der Waals surface area contributed by atoms with Crippen molar-refractivity contribution in [2.75, 3.05) is 4.90 Å². The van der Waals surface area contributed by atoms with Gasteiger partial charge in [0.15, 0.2) is 5.58 Å². The number of rotatable bonds is 3. The first-order valence-corrected chi connectivity index (χ1v) is 19.2. The quantitative estimate of drug-likeness (QED) is 0.188. The molecule has 248 valence electrons. The van der Waals surface area contributed by atoms with E-state index in [0.29, 0.717) is 11.8 Å². The van der Waals surface area contributed by atoms with Crippen LogP contribution in [0.15, 0.2) is 132 Å². The van der Waals surface area contributed by atoms with Crippen LogP contribution in [-0.4, -0.2) is 0 Å². The highest BCUT2D eigenvalue weighted by molar-refractivity contribution is 6.11. The summed E-state index contributed by atoms with van der Waals surface area (Å²) in [6.45, 7) is 4.84. The fourth-order valence-electron chi connectivity index (χ4n) is 12.7. The van der Waals surface area contributed by atoms with E-state index in [4.69, 9.17) is 4.42 Å². The number of furan rings is 1. The normalized spacial score (nSPS) is 25.7. The second-order valence-electron chi connectivity index (χ2n) is 16.9. The van der Waals surface area contributed by atoms with Crippen LogP contribution >= 0.6 is 0 Å². The van der Waals surface area contributed by atoms with Crippen molar-refractivity contribution in [1.82, 2.24) is 0 Å². The maximum atomic E-state index is 6.91. The highest BCUT2D eigenvalue weighted by atomic mass is 16.3. The molecule has 2 heteroatoms. The second-order valence-corrected chi connectivity index (χ2v) is 16.9. The predicted octanol–water partition coefficient (Wildman–Crippen LogP) is 13.1. The molecule has 4 fully saturated rings. The number of hydrogen-bond donors (Lipinski definition) is 0. The van der Waals surface area contributed by atoms with E-state index in [1.807, 2.05) is 0 Å². The summed E-state index contributed by atoms with van der Waals surface area (Å²) in [5.74, 6) is 3.11. The molecule has 0 aliphatic heterocycles. The van der Waals surface area contributed by atoms with E-state index >= 15 is 0 Å². The summed E-state index contributed by atoms with van der Waals surface area (Å²) in [5, 5.41) is 2.34. The third-order valence-electron chi connectivity index (χ3n) is 14.2. The average molecular weight is 660 g/mol. The third kappa shape index (κ3) is 3.49. The van der Waals surface area contributed by atoms with Crippen LogP contribution in [0.5, 0.6) is 0 Å². The molecule has 51 heavy (non-hydrogen) atoms. The van der Waals surface area contributed by atoms with E-state index in [9.17, 15) is 0 Å². The molecule has 0 unspecified atom stereocenters. The van der Waals surface area contributed by atoms with Gasteiger partial charge in [0.2, 0.25) is 0 Å². The van der Waals surface area contributed by atoms with Gasteiger partial charge >= 0.3 is 0 Å². The average Bonchev–Trinajstić information content (AvgIpc) is 3.76. The molecule has 1 aromatic heterocycles. The molecule has 2 nitrogen and oxygen atoms in total. The SMILES string of the molecule is CC1(C)c2ccccc2-c2cccc(N(c3cccc4c3C3(c5ccccc5-4)C4CC5CC(C4)CC3C5)c3cccc4c3oc3ccccc34)c21. The lowest BCUT2D eigenvalue weighted by molar-refractivity contribution is -0.0397. The summed E-state index contributed by atoms with van der Waals surface area (Å²) in [6, 6.07) is 48.1. The Balaban J connectivity index is 1.21. The highest BCUT2D eigenvalue weighted by Crippen LogP contribution is 2.71. The lowest BCUT2D eigenvalue weighted by Gasteiger charge is -2.61. The Bertz CT molecular complexity index is 2570. The Hall–Kier alpha value is -5.08. The number of hydrogen-bond acceptors (Lipinski definition) is 2. The lowest BCUT2D eigenvalue weighted by Crippen LogP contribution is -2.55. The van der Waals surface area contributed by atoms with Crippen LogP contribution in [0.25, 0.3) is 44.2 Å². The third-order valence-corrected chi connectivity index (χ3v) is 14.2. The van der Waals surface area contributed by atoms with E-state index < -0.39 is 0 Å². The maximum Gasteiger partial charge on any atom is 0.159 e. The van der Waals surface area contributed by atoms with Crippen molar-refractivity contribution in [1.29, 1.82) is 0 Å². The zero-order chi connectivity index (χ0) is 33.6. The largest absolute Gasteiger partial charge is 0.454 e. The van der Waals surface area contributed by atoms with Crippen LogP contribution in [0.1, 0.15) is 68.2 Å². The summed E-state index contributed by atoms with van der Waals surface area (Å²) in [4.78, 5) is 2.65. The summed E-state index contributed by atoms with van der Waals surface area (Å²) in [6.07, 6.45) is 6.88. The Morgan fingerprint density at radius 3 is 1.76 bits per heavy atom. The Labute approximate surface area is 299 Å². The standard InChI is InChI=1S/C49H41NO/c1-48(2)39-18-6-3-12-33(39)36-15-9-20-41(45(36)48)50(43-22-11-17-38-35-14-5-8-23-44(35)51-47(38)43)42-21-10-16-37-34-13-4-7-19-40(34)49(46(37)42)31-25-29-24-30(27-31)28-32(49)26-29/h3-23,29-32H,24-28H2,1-2H3. The Morgan fingerprint density at radius 1 is 0.490 bits per heavy atom. The minimum Gasteiger partial charge on any atom is -0.454 e. The van der Waals surface area contributed by atoms with Gasteiger partial charge in [-0.25, -0.2) is 0 Å². The van der Waals surface area contributed by atoms with Crippen molar-refractivity contribution in [2.45, 2.75) is 56.8 Å². The topological polar surface area (TPSA) is 16.4 Å². The molecule has 4 bridgehead atoms. The van der Waals surface area contributed by atoms with Crippen molar-refractivity contribution in [3.05, 3.63) is 150 Å². The minimum absolute atomic E-state index is 0.0202. The molecule has 0 amide bonds. The minimum atomic E-state index is -0.177. The molecule has 1 heterocycles. The molecule has 0 N–H and O–H groups in total. The van der Waals surface area contributed by atoms with Crippen LogP contribution in [0.2, 0.25) is 0 Å². The maximum absolute atomic E-state index is 6.91. The summed E-state index contributed by atoms with van der Waals surface area (Å²) < 4.78 is 6.91. The molecule has 13 rings (SSSR count). The van der Waals surface area contributed by atoms with Crippen molar-refractivity contribution in [3.8, 4) is 22.3 Å². The van der Waals surface area contributed by atoms with Gasteiger partial charge < -0.3 is 9.32 Å². The van der Waals surface area contributed by atoms with Gasteiger partial charge in [-0.3, -0.25) is 0 Å². The van der Waals surface area contributed by atoms with Crippen LogP contribution in [0, 0.1) is 23.7 Å². The van der Waals surface area contributed by atoms with Crippen LogP contribution < -0.4 is 4.90 Å². The number of para-hydroxylation sites is 2. The molecule has 0 atom stereocenters. The molecule has 4 saturated carbocycles. The number of anilines is 3. The number of nitrogens with zero attached hydrogens (tertiary/aromatic N) is 1. The first-order chi connectivity index (χ1) is 25.0. The molecule has 0 saturated heterocycles. The van der Waals surface area contributed by atoms with Crippen LogP contribution in [0.3, 0.4) is 0 Å². The van der Waals surface area contributed by atoms with Crippen molar-refractivity contribution in [2.24, 2.45) is 23.7 Å². The van der Waals surface area contributed by atoms with E-state index in [0.717, 1.165) is 28.7 Å². The zero-order valence-corrected chi connectivity index (χ0v) is 29.3. The Morgan fingerprint density at radius 2 is 1.02 bits per heavy atom. The zero-order valence-electron chi connectivity index (χ0n) is 29.3. The van der Waals surface area contributed by atoms with Gasteiger partial charge in [-0.1, -0.05) is 117 Å². The molecule has 6 aromatic carbocycles. The van der Waals surface area contributed by atoms with Gasteiger partial charge in [0.05, 0.1) is 17.1 Å². The van der Waals surface area contributed by atoms with Gasteiger partial charge in [-0.05, 0) is 125 Å². The van der Waals surface area contributed by atoms with Gasteiger partial charge in [0.25, 0.3) is 0 Å². The molecule has 1 spiro atoms. The van der Waals surface area contributed by atoms with Crippen LogP contribution in [-0.2, 0) is 10.8 Å². The molecular weight excluding hydrogens is 619 g/mol. The van der Waals surface area contributed by atoms with Crippen molar-refractivity contribution in [3.63, 3.8) is 0 Å². The lowest BCUT2D eigenvalue weighted by atomic mass is 9.43.